The van der Waals surface area contributed by atoms with Gasteiger partial charge in [0.15, 0.2) is 0 Å². The van der Waals surface area contributed by atoms with Gasteiger partial charge in [0.1, 0.15) is 5.82 Å². The summed E-state index contributed by atoms with van der Waals surface area (Å²) in [6, 6.07) is 1.41. The van der Waals surface area contributed by atoms with E-state index in [1.807, 2.05) is 4.90 Å². The first-order chi connectivity index (χ1) is 8.63. The van der Waals surface area contributed by atoms with E-state index in [0.29, 0.717) is 5.82 Å². The van der Waals surface area contributed by atoms with Crippen LogP contribution < -0.4 is 4.90 Å². The Morgan fingerprint density at radius 1 is 1.56 bits per heavy atom. The van der Waals surface area contributed by atoms with Crippen LogP contribution in [0.3, 0.4) is 0 Å². The molecule has 1 aliphatic rings. The Morgan fingerprint density at radius 3 is 2.78 bits per heavy atom. The minimum Gasteiger partial charge on any atom is -0.478 e. The smallest absolute Gasteiger partial charge is 0.337 e. The standard InChI is InChI=1S/C12H15ClN2O3/c1-18-8-3-6-15(7-4-8)11-10(13)9(12(16)17)2-5-14-11/h2,5,8H,3-4,6-7H2,1H3,(H,16,17). The maximum absolute atomic E-state index is 11.0. The van der Waals surface area contributed by atoms with Gasteiger partial charge in [-0.3, -0.25) is 0 Å². The number of hydrogen-bond acceptors (Lipinski definition) is 4. The van der Waals surface area contributed by atoms with Crippen LogP contribution in [0.2, 0.25) is 5.02 Å². The number of carbonyl (C=O) groups is 1. The van der Waals surface area contributed by atoms with Gasteiger partial charge in [-0.1, -0.05) is 11.6 Å². The van der Waals surface area contributed by atoms with Gasteiger partial charge in [-0.2, -0.15) is 0 Å². The van der Waals surface area contributed by atoms with Gasteiger partial charge in [0, 0.05) is 26.4 Å². The number of hydrogen-bond donors (Lipinski definition) is 1. The third kappa shape index (κ3) is 2.57. The van der Waals surface area contributed by atoms with E-state index < -0.39 is 5.97 Å². The number of rotatable bonds is 3. The van der Waals surface area contributed by atoms with Crippen molar-refractivity contribution in [2.24, 2.45) is 0 Å². The molecule has 0 saturated carbocycles. The lowest BCUT2D eigenvalue weighted by atomic mass is 10.1. The lowest BCUT2D eigenvalue weighted by molar-refractivity contribution is 0.0696. The fourth-order valence-corrected chi connectivity index (χ4v) is 2.43. The number of aromatic nitrogens is 1. The fraction of sp³-hybridized carbons (Fsp3) is 0.500. The molecule has 1 saturated heterocycles. The van der Waals surface area contributed by atoms with Crippen molar-refractivity contribution in [1.82, 2.24) is 4.98 Å². The monoisotopic (exact) mass is 270 g/mol. The summed E-state index contributed by atoms with van der Waals surface area (Å²) in [4.78, 5) is 17.2. The number of halogens is 1. The van der Waals surface area contributed by atoms with Gasteiger partial charge in [-0.05, 0) is 18.9 Å². The van der Waals surface area contributed by atoms with Gasteiger partial charge in [0.05, 0.1) is 16.7 Å². The SMILES string of the molecule is COC1CCN(c2nccc(C(=O)O)c2Cl)CC1. The molecule has 1 aromatic rings. The number of pyridine rings is 1. The zero-order valence-electron chi connectivity index (χ0n) is 10.1. The molecule has 0 unspecified atom stereocenters. The Bertz CT molecular complexity index is 445. The molecule has 98 valence electrons. The number of anilines is 1. The predicted molar refractivity (Wildman–Crippen MR) is 68.5 cm³/mol. The van der Waals surface area contributed by atoms with Crippen molar-refractivity contribution in [3.8, 4) is 0 Å². The second kappa shape index (κ2) is 5.54. The maximum Gasteiger partial charge on any atom is 0.337 e. The van der Waals surface area contributed by atoms with Crippen molar-refractivity contribution in [3.63, 3.8) is 0 Å². The van der Waals surface area contributed by atoms with Crippen LogP contribution in [0.4, 0.5) is 5.82 Å². The summed E-state index contributed by atoms with van der Waals surface area (Å²) in [7, 11) is 1.70. The van der Waals surface area contributed by atoms with Crippen LogP contribution >= 0.6 is 11.6 Å². The molecule has 0 bridgehead atoms. The molecule has 1 N–H and O–H groups in total. The van der Waals surface area contributed by atoms with Gasteiger partial charge in [0.2, 0.25) is 0 Å². The van der Waals surface area contributed by atoms with Crippen molar-refractivity contribution in [3.05, 3.63) is 22.8 Å². The molecule has 1 fully saturated rings. The minimum atomic E-state index is -1.03. The first-order valence-electron chi connectivity index (χ1n) is 5.79. The largest absolute Gasteiger partial charge is 0.478 e. The van der Waals surface area contributed by atoms with E-state index in [1.165, 1.54) is 12.3 Å². The van der Waals surface area contributed by atoms with Crippen LogP contribution in [-0.2, 0) is 4.74 Å². The number of aromatic carboxylic acids is 1. The third-order valence-corrected chi connectivity index (χ3v) is 3.55. The zero-order valence-corrected chi connectivity index (χ0v) is 10.9. The average molecular weight is 271 g/mol. The van der Waals surface area contributed by atoms with E-state index in [-0.39, 0.29) is 16.7 Å². The average Bonchev–Trinajstić information content (AvgIpc) is 2.39. The van der Waals surface area contributed by atoms with Gasteiger partial charge in [-0.25, -0.2) is 9.78 Å². The molecule has 0 atom stereocenters. The minimum absolute atomic E-state index is 0.0931. The lowest BCUT2D eigenvalue weighted by Crippen LogP contribution is -2.37. The quantitative estimate of drug-likeness (QED) is 0.911. The molecule has 0 amide bonds. The number of nitrogens with zero attached hydrogens (tertiary/aromatic N) is 2. The van der Waals surface area contributed by atoms with Crippen LogP contribution in [-0.4, -0.2) is 42.4 Å². The van der Waals surface area contributed by atoms with Crippen LogP contribution in [0.15, 0.2) is 12.3 Å². The Balaban J connectivity index is 2.19. The molecule has 0 radical (unpaired) electrons. The molecule has 1 aromatic heterocycles. The Kier molecular flexibility index (Phi) is 4.04. The zero-order chi connectivity index (χ0) is 13.1. The van der Waals surface area contributed by atoms with E-state index in [1.54, 1.807) is 7.11 Å². The van der Waals surface area contributed by atoms with E-state index in [0.717, 1.165) is 25.9 Å². The maximum atomic E-state index is 11.0. The summed E-state index contributed by atoms with van der Waals surface area (Å²) in [5.41, 5.74) is 0.0931. The molecular weight excluding hydrogens is 256 g/mol. The first-order valence-corrected chi connectivity index (χ1v) is 6.17. The Hall–Kier alpha value is -1.33. The molecule has 18 heavy (non-hydrogen) atoms. The molecule has 0 aliphatic carbocycles. The highest BCUT2D eigenvalue weighted by molar-refractivity contribution is 6.35. The van der Waals surface area contributed by atoms with Gasteiger partial charge in [-0.15, -0.1) is 0 Å². The van der Waals surface area contributed by atoms with E-state index >= 15 is 0 Å². The van der Waals surface area contributed by atoms with Crippen molar-refractivity contribution in [2.45, 2.75) is 18.9 Å². The summed E-state index contributed by atoms with van der Waals surface area (Å²) in [6.45, 7) is 1.54. The molecule has 0 aromatic carbocycles. The second-order valence-corrected chi connectivity index (χ2v) is 4.60. The highest BCUT2D eigenvalue weighted by Crippen LogP contribution is 2.29. The number of piperidine rings is 1. The predicted octanol–water partition coefficient (Wildman–Crippen LogP) is 2.05. The number of ether oxygens (including phenoxy) is 1. The molecule has 0 spiro atoms. The van der Waals surface area contributed by atoms with E-state index in [4.69, 9.17) is 21.4 Å². The molecule has 2 heterocycles. The first kappa shape index (κ1) is 13.1. The number of methoxy groups -OCH3 is 1. The summed E-state index contributed by atoms with van der Waals surface area (Å²) in [5, 5.41) is 9.23. The molecular formula is C12H15ClN2O3. The molecule has 5 nitrogen and oxygen atoms in total. The summed E-state index contributed by atoms with van der Waals surface area (Å²) in [5.74, 6) is -0.485. The van der Waals surface area contributed by atoms with Gasteiger partial charge < -0.3 is 14.7 Å². The highest BCUT2D eigenvalue weighted by atomic mass is 35.5. The van der Waals surface area contributed by atoms with Crippen molar-refractivity contribution in [2.75, 3.05) is 25.1 Å². The van der Waals surface area contributed by atoms with Crippen LogP contribution in [0.25, 0.3) is 0 Å². The Labute approximate surface area is 110 Å². The van der Waals surface area contributed by atoms with Crippen molar-refractivity contribution in [1.29, 1.82) is 0 Å². The van der Waals surface area contributed by atoms with Crippen molar-refractivity contribution >= 4 is 23.4 Å². The van der Waals surface area contributed by atoms with Crippen LogP contribution in [0.5, 0.6) is 0 Å². The highest BCUT2D eigenvalue weighted by Gasteiger charge is 2.23. The second-order valence-electron chi connectivity index (χ2n) is 4.22. The molecule has 1 aliphatic heterocycles. The van der Waals surface area contributed by atoms with Crippen molar-refractivity contribution < 1.29 is 14.6 Å². The Morgan fingerprint density at radius 2 is 2.22 bits per heavy atom. The van der Waals surface area contributed by atoms with E-state index in [2.05, 4.69) is 4.98 Å². The van der Waals surface area contributed by atoms with Crippen LogP contribution in [0.1, 0.15) is 23.2 Å². The lowest BCUT2D eigenvalue weighted by Gasteiger charge is -2.32. The fourth-order valence-electron chi connectivity index (χ4n) is 2.12. The topological polar surface area (TPSA) is 62.7 Å². The normalized spacial score (nSPS) is 16.9. The third-order valence-electron chi connectivity index (χ3n) is 3.18. The summed E-state index contributed by atoms with van der Waals surface area (Å²) < 4.78 is 5.29. The van der Waals surface area contributed by atoms with E-state index in [9.17, 15) is 4.79 Å². The molecule has 6 heteroatoms. The summed E-state index contributed by atoms with van der Waals surface area (Å²) >= 11 is 6.09. The number of carboxylic acids is 1. The van der Waals surface area contributed by atoms with Gasteiger partial charge >= 0.3 is 5.97 Å². The van der Waals surface area contributed by atoms with Gasteiger partial charge in [0.25, 0.3) is 0 Å². The number of carboxylic acid groups (broad SMARTS) is 1. The summed E-state index contributed by atoms with van der Waals surface area (Å²) in [6.07, 6.45) is 3.53. The van der Waals surface area contributed by atoms with Crippen LogP contribution in [0, 0.1) is 0 Å². The molecule has 2 rings (SSSR count).